The van der Waals surface area contributed by atoms with Gasteiger partial charge in [0.1, 0.15) is 11.9 Å². The molecule has 0 spiro atoms. The van der Waals surface area contributed by atoms with Gasteiger partial charge >= 0.3 is 0 Å². The minimum absolute atomic E-state index is 0.278. The standard InChI is InChI=1S/C17H27NO/c1-6-10-18-16-14(7-2)19-17-12(5)8-9-13(11(3)4)15(16)17/h8-9,11,14,16,18H,6-7,10H2,1-5H3. The van der Waals surface area contributed by atoms with Crippen molar-refractivity contribution in [3.8, 4) is 5.75 Å². The van der Waals surface area contributed by atoms with Crippen molar-refractivity contribution in [1.29, 1.82) is 0 Å². The number of ether oxygens (including phenoxy) is 1. The molecular formula is C17H27NO. The molecule has 0 fully saturated rings. The number of fused-ring (bicyclic) bond motifs is 1. The van der Waals surface area contributed by atoms with Gasteiger partial charge in [-0.15, -0.1) is 0 Å². The summed E-state index contributed by atoms with van der Waals surface area (Å²) >= 11 is 0. The second-order valence-electron chi connectivity index (χ2n) is 5.87. The maximum atomic E-state index is 6.22. The molecule has 1 aromatic rings. The smallest absolute Gasteiger partial charge is 0.127 e. The molecule has 2 rings (SSSR count). The van der Waals surface area contributed by atoms with Crippen molar-refractivity contribution in [2.24, 2.45) is 0 Å². The summed E-state index contributed by atoms with van der Waals surface area (Å²) in [5.74, 6) is 1.67. The van der Waals surface area contributed by atoms with Gasteiger partial charge in [-0.05, 0) is 43.4 Å². The third-order valence-electron chi connectivity index (χ3n) is 4.02. The average molecular weight is 261 g/mol. The molecule has 2 atom stereocenters. The molecule has 1 heterocycles. The van der Waals surface area contributed by atoms with E-state index in [1.807, 2.05) is 0 Å². The largest absolute Gasteiger partial charge is 0.488 e. The van der Waals surface area contributed by atoms with Crippen LogP contribution in [-0.2, 0) is 0 Å². The zero-order chi connectivity index (χ0) is 14.0. The zero-order valence-corrected chi connectivity index (χ0v) is 12.9. The topological polar surface area (TPSA) is 21.3 Å². The van der Waals surface area contributed by atoms with Crippen LogP contribution in [0.1, 0.15) is 69.2 Å². The first-order valence-corrected chi connectivity index (χ1v) is 7.63. The fourth-order valence-corrected chi connectivity index (χ4v) is 2.96. The van der Waals surface area contributed by atoms with Crippen LogP contribution >= 0.6 is 0 Å². The quantitative estimate of drug-likeness (QED) is 0.851. The lowest BCUT2D eigenvalue weighted by Crippen LogP contribution is -2.31. The van der Waals surface area contributed by atoms with E-state index in [0.717, 1.165) is 25.1 Å². The second-order valence-corrected chi connectivity index (χ2v) is 5.87. The summed E-state index contributed by atoms with van der Waals surface area (Å²) in [4.78, 5) is 0. The van der Waals surface area contributed by atoms with Crippen LogP contribution in [0.15, 0.2) is 12.1 Å². The number of hydrogen-bond acceptors (Lipinski definition) is 2. The van der Waals surface area contributed by atoms with E-state index in [2.05, 4.69) is 52.1 Å². The summed E-state index contributed by atoms with van der Waals surface area (Å²) in [6.07, 6.45) is 2.48. The van der Waals surface area contributed by atoms with Gasteiger partial charge in [0.2, 0.25) is 0 Å². The van der Waals surface area contributed by atoms with E-state index in [9.17, 15) is 0 Å². The summed E-state index contributed by atoms with van der Waals surface area (Å²) in [5.41, 5.74) is 4.11. The number of hydrogen-bond donors (Lipinski definition) is 1. The van der Waals surface area contributed by atoms with Crippen LogP contribution in [0.25, 0.3) is 0 Å². The van der Waals surface area contributed by atoms with E-state index < -0.39 is 0 Å². The molecule has 2 unspecified atom stereocenters. The number of aryl methyl sites for hydroxylation is 1. The molecule has 1 aliphatic heterocycles. The lowest BCUT2D eigenvalue weighted by atomic mass is 9.89. The normalized spacial score (nSPS) is 21.6. The lowest BCUT2D eigenvalue weighted by Gasteiger charge is -2.21. The maximum absolute atomic E-state index is 6.22. The third kappa shape index (κ3) is 2.64. The first kappa shape index (κ1) is 14.4. The number of benzene rings is 1. The van der Waals surface area contributed by atoms with Crippen molar-refractivity contribution < 1.29 is 4.74 Å². The highest BCUT2D eigenvalue weighted by Gasteiger charge is 2.36. The lowest BCUT2D eigenvalue weighted by molar-refractivity contribution is 0.184. The van der Waals surface area contributed by atoms with Gasteiger partial charge in [0.25, 0.3) is 0 Å². The molecule has 0 aromatic heterocycles. The molecule has 0 amide bonds. The molecule has 0 bridgehead atoms. The Morgan fingerprint density at radius 1 is 1.26 bits per heavy atom. The van der Waals surface area contributed by atoms with E-state index in [1.54, 1.807) is 0 Å². The van der Waals surface area contributed by atoms with Gasteiger partial charge in [-0.2, -0.15) is 0 Å². The Balaban J connectivity index is 2.44. The van der Waals surface area contributed by atoms with Crippen molar-refractivity contribution in [2.75, 3.05) is 6.54 Å². The van der Waals surface area contributed by atoms with Crippen LogP contribution < -0.4 is 10.1 Å². The Morgan fingerprint density at radius 3 is 2.58 bits per heavy atom. The summed E-state index contributed by atoms with van der Waals surface area (Å²) in [7, 11) is 0. The van der Waals surface area contributed by atoms with Crippen molar-refractivity contribution in [2.45, 2.75) is 65.5 Å². The van der Waals surface area contributed by atoms with Crippen LogP contribution in [-0.4, -0.2) is 12.6 Å². The van der Waals surface area contributed by atoms with Gasteiger partial charge in [0.15, 0.2) is 0 Å². The summed E-state index contributed by atoms with van der Waals surface area (Å²) in [6, 6.07) is 4.83. The van der Waals surface area contributed by atoms with E-state index in [0.29, 0.717) is 12.0 Å². The van der Waals surface area contributed by atoms with Gasteiger partial charge in [0, 0.05) is 5.56 Å². The number of rotatable bonds is 5. The van der Waals surface area contributed by atoms with E-state index in [1.165, 1.54) is 16.7 Å². The molecule has 2 heteroatoms. The molecule has 0 radical (unpaired) electrons. The zero-order valence-electron chi connectivity index (χ0n) is 12.9. The van der Waals surface area contributed by atoms with Crippen molar-refractivity contribution >= 4 is 0 Å². The van der Waals surface area contributed by atoms with Crippen LogP contribution in [0.5, 0.6) is 5.75 Å². The Kier molecular flexibility index (Phi) is 4.51. The first-order chi connectivity index (χ1) is 9.10. The Morgan fingerprint density at radius 2 is 2.00 bits per heavy atom. The van der Waals surface area contributed by atoms with E-state index >= 15 is 0 Å². The van der Waals surface area contributed by atoms with Gasteiger partial charge < -0.3 is 10.1 Å². The fraction of sp³-hybridized carbons (Fsp3) is 0.647. The first-order valence-electron chi connectivity index (χ1n) is 7.63. The third-order valence-corrected chi connectivity index (χ3v) is 4.02. The molecule has 1 aromatic carbocycles. The average Bonchev–Trinajstić information content (AvgIpc) is 2.76. The van der Waals surface area contributed by atoms with Crippen molar-refractivity contribution in [1.82, 2.24) is 5.32 Å². The predicted octanol–water partition coefficient (Wildman–Crippen LogP) is 4.33. The van der Waals surface area contributed by atoms with Gasteiger partial charge in [-0.3, -0.25) is 0 Å². The molecule has 0 saturated heterocycles. The van der Waals surface area contributed by atoms with Gasteiger partial charge in [-0.25, -0.2) is 0 Å². The van der Waals surface area contributed by atoms with Crippen molar-refractivity contribution in [3.63, 3.8) is 0 Å². The van der Waals surface area contributed by atoms with Crippen LogP contribution in [0.3, 0.4) is 0 Å². The highest BCUT2D eigenvalue weighted by Crippen LogP contribution is 2.44. The monoisotopic (exact) mass is 261 g/mol. The summed E-state index contributed by atoms with van der Waals surface area (Å²) in [6.45, 7) is 12.2. The molecule has 106 valence electrons. The molecule has 0 aliphatic carbocycles. The molecule has 1 N–H and O–H groups in total. The maximum Gasteiger partial charge on any atom is 0.127 e. The Hall–Kier alpha value is -1.02. The van der Waals surface area contributed by atoms with E-state index in [4.69, 9.17) is 4.74 Å². The van der Waals surface area contributed by atoms with Gasteiger partial charge in [-0.1, -0.05) is 39.8 Å². The minimum atomic E-state index is 0.278. The van der Waals surface area contributed by atoms with Crippen molar-refractivity contribution in [3.05, 3.63) is 28.8 Å². The Bertz CT molecular complexity index is 439. The molecule has 0 saturated carbocycles. The van der Waals surface area contributed by atoms with Crippen LogP contribution in [0, 0.1) is 6.92 Å². The molecule has 2 nitrogen and oxygen atoms in total. The SMILES string of the molecule is CCCNC1c2c(C(C)C)ccc(C)c2OC1CC. The van der Waals surface area contributed by atoms with Crippen LogP contribution in [0.2, 0.25) is 0 Å². The predicted molar refractivity (Wildman–Crippen MR) is 81.0 cm³/mol. The molecule has 1 aliphatic rings. The fourth-order valence-electron chi connectivity index (χ4n) is 2.96. The number of nitrogens with one attached hydrogen (secondary N) is 1. The highest BCUT2D eigenvalue weighted by molar-refractivity contribution is 5.52. The summed E-state index contributed by atoms with van der Waals surface area (Å²) < 4.78 is 6.22. The van der Waals surface area contributed by atoms with Gasteiger partial charge in [0.05, 0.1) is 6.04 Å². The summed E-state index contributed by atoms with van der Waals surface area (Å²) in [5, 5.41) is 3.69. The van der Waals surface area contributed by atoms with Crippen LogP contribution in [0.4, 0.5) is 0 Å². The molecule has 19 heavy (non-hydrogen) atoms. The molecular weight excluding hydrogens is 234 g/mol. The Labute approximate surface area is 117 Å². The highest BCUT2D eigenvalue weighted by atomic mass is 16.5. The second kappa shape index (κ2) is 5.96. The van der Waals surface area contributed by atoms with E-state index in [-0.39, 0.29) is 6.10 Å². The minimum Gasteiger partial charge on any atom is -0.488 e.